The van der Waals surface area contributed by atoms with E-state index in [-0.39, 0.29) is 40.0 Å². The Kier molecular flexibility index (Phi) is 6.24. The highest BCUT2D eigenvalue weighted by molar-refractivity contribution is 7.89. The van der Waals surface area contributed by atoms with Gasteiger partial charge < -0.3 is 15.4 Å². The van der Waals surface area contributed by atoms with E-state index in [1.165, 1.54) is 19.2 Å². The molecule has 0 atom stereocenters. The topological polar surface area (TPSA) is 119 Å². The highest BCUT2D eigenvalue weighted by Crippen LogP contribution is 2.28. The van der Waals surface area contributed by atoms with Crippen LogP contribution in [0.3, 0.4) is 0 Å². The number of methoxy groups -OCH3 is 1. The third kappa shape index (κ3) is 4.47. The van der Waals surface area contributed by atoms with Crippen molar-refractivity contribution in [2.75, 3.05) is 20.2 Å². The van der Waals surface area contributed by atoms with Gasteiger partial charge in [0.2, 0.25) is 15.9 Å². The molecule has 0 aromatic heterocycles. The number of nitrogens with one attached hydrogen (secondary N) is 1. The lowest BCUT2D eigenvalue weighted by molar-refractivity contribution is -0.123. The quantitative estimate of drug-likeness (QED) is 0.733. The van der Waals surface area contributed by atoms with Gasteiger partial charge in [0.15, 0.2) is 0 Å². The summed E-state index contributed by atoms with van der Waals surface area (Å²) >= 11 is 0. The van der Waals surface area contributed by atoms with Gasteiger partial charge in [-0.25, -0.2) is 13.1 Å². The Bertz CT molecular complexity index is 841. The summed E-state index contributed by atoms with van der Waals surface area (Å²) in [7, 11) is -2.40. The molecule has 9 heteroatoms. The van der Waals surface area contributed by atoms with Crippen molar-refractivity contribution in [3.05, 3.63) is 23.8 Å². The number of carbonyl (C=O) groups excluding carboxylic acids is 2. The highest BCUT2D eigenvalue weighted by atomic mass is 32.2. The summed E-state index contributed by atoms with van der Waals surface area (Å²) in [6.45, 7) is 0.835. The van der Waals surface area contributed by atoms with E-state index >= 15 is 0 Å². The molecule has 1 aliphatic heterocycles. The van der Waals surface area contributed by atoms with Crippen molar-refractivity contribution in [2.24, 2.45) is 11.7 Å². The third-order valence-corrected chi connectivity index (χ3v) is 7.10. The molecule has 0 unspecified atom stereocenters. The number of nitrogens with zero attached hydrogens (tertiary/aromatic N) is 1. The van der Waals surface area contributed by atoms with Crippen LogP contribution in [-0.2, 0) is 14.8 Å². The minimum absolute atomic E-state index is 0.0280. The molecule has 0 spiro atoms. The molecule has 2 aliphatic rings. The molecule has 1 aromatic rings. The second-order valence-corrected chi connectivity index (χ2v) is 9.12. The lowest BCUT2D eigenvalue weighted by atomic mass is 9.96. The zero-order valence-corrected chi connectivity index (χ0v) is 16.8. The molecule has 0 radical (unpaired) electrons. The molecule has 1 heterocycles. The van der Waals surface area contributed by atoms with Crippen LogP contribution in [0.2, 0.25) is 0 Å². The fraction of sp³-hybridized carbons (Fsp3) is 0.579. The second-order valence-electron chi connectivity index (χ2n) is 7.44. The van der Waals surface area contributed by atoms with Gasteiger partial charge in [-0.05, 0) is 43.9 Å². The van der Waals surface area contributed by atoms with Gasteiger partial charge in [0, 0.05) is 30.6 Å². The largest absolute Gasteiger partial charge is 0.495 e. The number of benzene rings is 1. The zero-order chi connectivity index (χ0) is 20.3. The van der Waals surface area contributed by atoms with Gasteiger partial charge in [0.25, 0.3) is 5.91 Å². The van der Waals surface area contributed by atoms with Crippen LogP contribution in [0.25, 0.3) is 0 Å². The zero-order valence-electron chi connectivity index (χ0n) is 16.0. The van der Waals surface area contributed by atoms with E-state index in [4.69, 9.17) is 10.5 Å². The number of ether oxygens (including phenoxy) is 1. The van der Waals surface area contributed by atoms with E-state index in [9.17, 15) is 18.0 Å². The fourth-order valence-corrected chi connectivity index (χ4v) is 5.40. The van der Waals surface area contributed by atoms with Gasteiger partial charge in [-0.15, -0.1) is 0 Å². The number of carbonyl (C=O) groups is 2. The predicted molar refractivity (Wildman–Crippen MR) is 103 cm³/mol. The predicted octanol–water partition coefficient (Wildman–Crippen LogP) is 1.25. The number of rotatable bonds is 6. The summed E-state index contributed by atoms with van der Waals surface area (Å²) in [5.74, 6) is -0.619. The Morgan fingerprint density at radius 1 is 1.14 bits per heavy atom. The minimum Gasteiger partial charge on any atom is -0.495 e. The maximum Gasteiger partial charge on any atom is 0.253 e. The first kappa shape index (κ1) is 20.6. The first-order valence-electron chi connectivity index (χ1n) is 9.61. The smallest absolute Gasteiger partial charge is 0.253 e. The van der Waals surface area contributed by atoms with Crippen LogP contribution in [0.15, 0.2) is 23.1 Å². The Balaban J connectivity index is 1.80. The Hall–Kier alpha value is -2.13. The summed E-state index contributed by atoms with van der Waals surface area (Å²) < 4.78 is 33.7. The molecule has 154 valence electrons. The van der Waals surface area contributed by atoms with E-state index in [0.717, 1.165) is 25.7 Å². The lowest BCUT2D eigenvalue weighted by Crippen LogP contribution is -2.41. The normalized spacial score (nSPS) is 19.0. The van der Waals surface area contributed by atoms with Crippen molar-refractivity contribution in [2.45, 2.75) is 49.5 Å². The molecule has 1 saturated carbocycles. The molecule has 1 aliphatic carbocycles. The number of likely N-dealkylation sites (tertiary alicyclic amines) is 1. The molecular weight excluding hydrogens is 382 g/mol. The average molecular weight is 410 g/mol. The summed E-state index contributed by atoms with van der Waals surface area (Å²) in [5.41, 5.74) is 5.62. The van der Waals surface area contributed by atoms with Crippen molar-refractivity contribution in [3.8, 4) is 5.75 Å². The van der Waals surface area contributed by atoms with Crippen LogP contribution in [-0.4, -0.2) is 51.4 Å². The van der Waals surface area contributed by atoms with E-state index in [1.807, 2.05) is 0 Å². The number of nitrogens with two attached hydrogens (primary N) is 1. The van der Waals surface area contributed by atoms with Crippen LogP contribution in [0.5, 0.6) is 5.75 Å². The molecule has 8 nitrogen and oxygen atoms in total. The van der Waals surface area contributed by atoms with Crippen molar-refractivity contribution < 1.29 is 22.7 Å². The molecule has 1 saturated heterocycles. The van der Waals surface area contributed by atoms with Gasteiger partial charge in [-0.2, -0.15) is 0 Å². The van der Waals surface area contributed by atoms with Crippen LogP contribution < -0.4 is 15.2 Å². The SMILES string of the molecule is COc1ccc(C(=O)N2CCC(C(N)=O)CC2)cc1S(=O)(=O)NC1CCCC1. The number of sulfonamides is 1. The van der Waals surface area contributed by atoms with Gasteiger partial charge in [-0.3, -0.25) is 9.59 Å². The van der Waals surface area contributed by atoms with Crippen molar-refractivity contribution in [3.63, 3.8) is 0 Å². The van der Waals surface area contributed by atoms with Crippen molar-refractivity contribution >= 4 is 21.8 Å². The maximum atomic E-state index is 12.9. The molecule has 0 bridgehead atoms. The van der Waals surface area contributed by atoms with Crippen LogP contribution in [0, 0.1) is 5.92 Å². The number of piperidine rings is 1. The number of primary amides is 1. The van der Waals surface area contributed by atoms with E-state index < -0.39 is 10.0 Å². The molecule has 2 amide bonds. The maximum absolute atomic E-state index is 12.9. The van der Waals surface area contributed by atoms with E-state index in [1.54, 1.807) is 11.0 Å². The van der Waals surface area contributed by atoms with Crippen LogP contribution in [0.1, 0.15) is 48.9 Å². The Morgan fingerprint density at radius 3 is 2.36 bits per heavy atom. The first-order valence-corrected chi connectivity index (χ1v) is 11.1. The average Bonchev–Trinajstić information content (AvgIpc) is 3.19. The Morgan fingerprint density at radius 2 is 1.79 bits per heavy atom. The monoisotopic (exact) mass is 409 g/mol. The summed E-state index contributed by atoms with van der Waals surface area (Å²) in [6, 6.07) is 4.36. The summed E-state index contributed by atoms with van der Waals surface area (Å²) in [4.78, 5) is 25.8. The van der Waals surface area contributed by atoms with Crippen molar-refractivity contribution in [1.82, 2.24) is 9.62 Å². The van der Waals surface area contributed by atoms with Gasteiger partial charge >= 0.3 is 0 Å². The van der Waals surface area contributed by atoms with Gasteiger partial charge in [-0.1, -0.05) is 12.8 Å². The molecule has 1 aromatic carbocycles. The first-order chi connectivity index (χ1) is 13.3. The molecule has 3 rings (SSSR count). The van der Waals surface area contributed by atoms with Crippen LogP contribution in [0.4, 0.5) is 0 Å². The summed E-state index contributed by atoms with van der Waals surface area (Å²) in [6.07, 6.45) is 4.68. The fourth-order valence-electron chi connectivity index (χ4n) is 3.90. The van der Waals surface area contributed by atoms with Gasteiger partial charge in [0.05, 0.1) is 7.11 Å². The summed E-state index contributed by atoms with van der Waals surface area (Å²) in [5, 5.41) is 0. The molecule has 2 fully saturated rings. The minimum atomic E-state index is -3.80. The third-order valence-electron chi connectivity index (χ3n) is 5.56. The highest BCUT2D eigenvalue weighted by Gasteiger charge is 2.29. The molecule has 28 heavy (non-hydrogen) atoms. The standard InChI is InChI=1S/C19H27N3O5S/c1-27-16-7-6-14(19(24)22-10-8-13(9-11-22)18(20)23)12-17(16)28(25,26)21-15-4-2-3-5-15/h6-7,12-13,15,21H,2-5,8-11H2,1H3,(H2,20,23). The second kappa shape index (κ2) is 8.48. The number of amides is 2. The van der Waals surface area contributed by atoms with E-state index in [2.05, 4.69) is 4.72 Å². The van der Waals surface area contributed by atoms with Crippen molar-refractivity contribution in [1.29, 1.82) is 0 Å². The lowest BCUT2D eigenvalue weighted by Gasteiger charge is -2.30. The van der Waals surface area contributed by atoms with Crippen LogP contribution >= 0.6 is 0 Å². The number of hydrogen-bond donors (Lipinski definition) is 2. The Labute approximate surface area is 165 Å². The molecule has 3 N–H and O–H groups in total. The van der Waals surface area contributed by atoms with E-state index in [0.29, 0.717) is 25.9 Å². The van der Waals surface area contributed by atoms with Gasteiger partial charge in [0.1, 0.15) is 10.6 Å². The molecular formula is C19H27N3O5S. The number of hydrogen-bond acceptors (Lipinski definition) is 5.